The normalized spacial score (nSPS) is 11.6. The second kappa shape index (κ2) is 6.14. The molecule has 0 atom stereocenters. The lowest BCUT2D eigenvalue weighted by atomic mass is 10.1. The fraction of sp³-hybridized carbons (Fsp3) is 0.429. The third-order valence-corrected chi connectivity index (χ3v) is 3.61. The van der Waals surface area contributed by atoms with Crippen molar-refractivity contribution in [2.45, 2.75) is 26.3 Å². The van der Waals surface area contributed by atoms with E-state index in [4.69, 9.17) is 5.26 Å². The van der Waals surface area contributed by atoms with E-state index < -0.39 is 21.5 Å². The topological polar surface area (TPSA) is 90.3 Å². The van der Waals surface area contributed by atoms with E-state index in [9.17, 15) is 13.2 Å². The van der Waals surface area contributed by atoms with Crippen molar-refractivity contribution in [2.24, 2.45) is 0 Å². The van der Waals surface area contributed by atoms with Crippen LogP contribution in [0.4, 0.5) is 5.69 Å². The molecular weight excluding hydrogens is 290 g/mol. The molecule has 21 heavy (non-hydrogen) atoms. The molecule has 1 N–H and O–H groups in total. The molecule has 1 rings (SSSR count). The summed E-state index contributed by atoms with van der Waals surface area (Å²) in [7, 11) is -3.63. The molecule has 0 bridgehead atoms. The first kappa shape index (κ1) is 17.0. The molecule has 0 aromatic heterocycles. The molecule has 0 unspecified atom stereocenters. The van der Waals surface area contributed by atoms with Gasteiger partial charge in [0.05, 0.1) is 23.6 Å². The summed E-state index contributed by atoms with van der Waals surface area (Å²) in [4.78, 5) is 12.0. The van der Waals surface area contributed by atoms with Crippen molar-refractivity contribution in [3.05, 3.63) is 29.8 Å². The Morgan fingerprint density at radius 2 is 2.00 bits per heavy atom. The number of nitrogens with one attached hydrogen (secondary N) is 1. The molecule has 1 aromatic carbocycles. The highest BCUT2D eigenvalue weighted by Gasteiger charge is 2.23. The van der Waals surface area contributed by atoms with Gasteiger partial charge in [-0.25, -0.2) is 8.42 Å². The molecule has 7 heteroatoms. The molecule has 1 aromatic rings. The molecule has 0 saturated heterocycles. The van der Waals surface area contributed by atoms with E-state index in [-0.39, 0.29) is 6.54 Å². The van der Waals surface area contributed by atoms with E-state index in [2.05, 4.69) is 5.32 Å². The minimum Gasteiger partial charge on any atom is -0.350 e. The van der Waals surface area contributed by atoms with Gasteiger partial charge in [0.1, 0.15) is 6.54 Å². The fourth-order valence-electron chi connectivity index (χ4n) is 1.72. The van der Waals surface area contributed by atoms with E-state index >= 15 is 0 Å². The lowest BCUT2D eigenvalue weighted by Crippen LogP contribution is -2.47. The van der Waals surface area contributed by atoms with Gasteiger partial charge in [0.2, 0.25) is 15.9 Å². The second-order valence-corrected chi connectivity index (χ2v) is 7.64. The Bertz CT molecular complexity index is 669. The first-order valence-corrected chi connectivity index (χ1v) is 8.16. The van der Waals surface area contributed by atoms with Crippen LogP contribution in [0.5, 0.6) is 0 Å². The number of nitriles is 1. The highest BCUT2D eigenvalue weighted by atomic mass is 32.2. The molecule has 0 heterocycles. The Morgan fingerprint density at radius 1 is 1.38 bits per heavy atom. The van der Waals surface area contributed by atoms with Crippen molar-refractivity contribution in [2.75, 3.05) is 17.1 Å². The fourth-order valence-corrected chi connectivity index (χ4v) is 2.57. The van der Waals surface area contributed by atoms with Gasteiger partial charge in [0.15, 0.2) is 0 Å². The van der Waals surface area contributed by atoms with Gasteiger partial charge in [0.25, 0.3) is 0 Å². The first-order chi connectivity index (χ1) is 9.53. The van der Waals surface area contributed by atoms with Crippen LogP contribution in [0.2, 0.25) is 0 Å². The maximum atomic E-state index is 12.0. The molecule has 0 fully saturated rings. The molecule has 0 aliphatic rings. The van der Waals surface area contributed by atoms with Gasteiger partial charge in [0, 0.05) is 5.54 Å². The summed E-state index contributed by atoms with van der Waals surface area (Å²) < 4.78 is 24.8. The number of benzene rings is 1. The van der Waals surface area contributed by atoms with Crippen LogP contribution >= 0.6 is 0 Å². The van der Waals surface area contributed by atoms with Crippen LogP contribution in [0.15, 0.2) is 24.3 Å². The summed E-state index contributed by atoms with van der Waals surface area (Å²) in [6.07, 6.45) is 1.02. The van der Waals surface area contributed by atoms with Crippen molar-refractivity contribution in [1.29, 1.82) is 5.26 Å². The van der Waals surface area contributed by atoms with Crippen LogP contribution < -0.4 is 9.62 Å². The van der Waals surface area contributed by atoms with E-state index in [0.29, 0.717) is 11.3 Å². The van der Waals surface area contributed by atoms with Crippen LogP contribution in [-0.4, -0.2) is 32.7 Å². The monoisotopic (exact) mass is 309 g/mol. The van der Waals surface area contributed by atoms with E-state index in [1.807, 2.05) is 26.8 Å². The van der Waals surface area contributed by atoms with Gasteiger partial charge in [-0.05, 0) is 39.0 Å². The van der Waals surface area contributed by atoms with Crippen molar-refractivity contribution >= 4 is 21.6 Å². The zero-order valence-corrected chi connectivity index (χ0v) is 13.4. The SMILES string of the molecule is CC(C)(C)NC(=O)CN(c1cccc(C#N)c1)S(C)(=O)=O. The number of carbonyl (C=O) groups excluding carboxylic acids is 1. The Balaban J connectivity index is 3.08. The van der Waals surface area contributed by atoms with Crippen LogP contribution in [0.25, 0.3) is 0 Å². The van der Waals surface area contributed by atoms with Gasteiger partial charge in [-0.3, -0.25) is 9.10 Å². The third kappa shape index (κ3) is 5.44. The largest absolute Gasteiger partial charge is 0.350 e. The molecule has 0 aliphatic heterocycles. The average molecular weight is 309 g/mol. The highest BCUT2D eigenvalue weighted by Crippen LogP contribution is 2.18. The Kier molecular flexibility index (Phi) is 4.97. The summed E-state index contributed by atoms with van der Waals surface area (Å²) in [6, 6.07) is 8.07. The molecule has 0 radical (unpaired) electrons. The first-order valence-electron chi connectivity index (χ1n) is 6.32. The van der Waals surface area contributed by atoms with Gasteiger partial charge < -0.3 is 5.32 Å². The van der Waals surface area contributed by atoms with Crippen LogP contribution in [0.3, 0.4) is 0 Å². The third-order valence-electron chi connectivity index (χ3n) is 2.47. The highest BCUT2D eigenvalue weighted by molar-refractivity contribution is 7.92. The standard InChI is InChI=1S/C14H19N3O3S/c1-14(2,3)16-13(18)10-17(21(4,19)20)12-7-5-6-11(8-12)9-15/h5-8H,10H2,1-4H3,(H,16,18). The van der Waals surface area contributed by atoms with Gasteiger partial charge >= 0.3 is 0 Å². The van der Waals surface area contributed by atoms with Gasteiger partial charge in [-0.1, -0.05) is 6.07 Å². The number of carbonyl (C=O) groups is 1. The van der Waals surface area contributed by atoms with Crippen molar-refractivity contribution in [1.82, 2.24) is 5.32 Å². The van der Waals surface area contributed by atoms with Gasteiger partial charge in [-0.2, -0.15) is 5.26 Å². The zero-order valence-electron chi connectivity index (χ0n) is 12.5. The van der Waals surface area contributed by atoms with E-state index in [1.54, 1.807) is 18.2 Å². The number of anilines is 1. The van der Waals surface area contributed by atoms with Gasteiger partial charge in [-0.15, -0.1) is 0 Å². The predicted octanol–water partition coefficient (Wildman–Crippen LogP) is 1.24. The van der Waals surface area contributed by atoms with E-state index in [1.165, 1.54) is 6.07 Å². The summed E-state index contributed by atoms with van der Waals surface area (Å²) in [5.74, 6) is -0.407. The maximum Gasteiger partial charge on any atom is 0.241 e. The van der Waals surface area contributed by atoms with Crippen LogP contribution in [-0.2, 0) is 14.8 Å². The average Bonchev–Trinajstić information content (AvgIpc) is 2.32. The minimum absolute atomic E-state index is 0.292. The smallest absolute Gasteiger partial charge is 0.241 e. The lowest BCUT2D eigenvalue weighted by Gasteiger charge is -2.25. The summed E-state index contributed by atoms with van der Waals surface area (Å²) in [5, 5.41) is 11.6. The number of amides is 1. The van der Waals surface area contributed by atoms with Crippen molar-refractivity contribution in [3.8, 4) is 6.07 Å². The maximum absolute atomic E-state index is 12.0. The minimum atomic E-state index is -3.63. The zero-order chi connectivity index (χ0) is 16.3. The van der Waals surface area contributed by atoms with Crippen LogP contribution in [0.1, 0.15) is 26.3 Å². The molecule has 0 spiro atoms. The van der Waals surface area contributed by atoms with Crippen LogP contribution in [0, 0.1) is 11.3 Å². The molecule has 6 nitrogen and oxygen atoms in total. The number of hydrogen-bond acceptors (Lipinski definition) is 4. The quantitative estimate of drug-likeness (QED) is 0.906. The second-order valence-electron chi connectivity index (χ2n) is 5.73. The Morgan fingerprint density at radius 3 is 2.48 bits per heavy atom. The molecule has 1 amide bonds. The summed E-state index contributed by atoms with van der Waals surface area (Å²) in [6.45, 7) is 5.11. The predicted molar refractivity (Wildman–Crippen MR) is 81.2 cm³/mol. The van der Waals surface area contributed by atoms with Crippen molar-refractivity contribution in [3.63, 3.8) is 0 Å². The molecule has 0 aliphatic carbocycles. The van der Waals surface area contributed by atoms with E-state index in [0.717, 1.165) is 10.6 Å². The number of hydrogen-bond donors (Lipinski definition) is 1. The Hall–Kier alpha value is -2.07. The van der Waals surface area contributed by atoms with Crippen molar-refractivity contribution < 1.29 is 13.2 Å². The Labute approximate surface area is 125 Å². The summed E-state index contributed by atoms with van der Waals surface area (Å²) in [5.41, 5.74) is 0.173. The summed E-state index contributed by atoms with van der Waals surface area (Å²) >= 11 is 0. The molecule has 114 valence electrons. The molecular formula is C14H19N3O3S. The number of nitrogens with zero attached hydrogens (tertiary/aromatic N) is 2. The lowest BCUT2D eigenvalue weighted by molar-refractivity contribution is -0.121. The number of rotatable bonds is 4. The molecule has 0 saturated carbocycles. The number of sulfonamides is 1.